The lowest BCUT2D eigenvalue weighted by Crippen LogP contribution is -2.41. The normalized spacial score (nSPS) is 18.1. The minimum Gasteiger partial charge on any atom is -0.480 e. The van der Waals surface area contributed by atoms with E-state index in [0.29, 0.717) is 13.0 Å². The lowest BCUT2D eigenvalue weighted by Gasteiger charge is -2.21. The summed E-state index contributed by atoms with van der Waals surface area (Å²) in [6.07, 6.45) is 3.97. The first-order valence-electron chi connectivity index (χ1n) is 6.16. The van der Waals surface area contributed by atoms with E-state index in [9.17, 15) is 14.4 Å². The molecular formula is C12H15N3O5. The lowest BCUT2D eigenvalue weighted by atomic mass is 10.2. The number of hydrogen-bond acceptors (Lipinski definition) is 5. The highest BCUT2D eigenvalue weighted by atomic mass is 16.5. The Morgan fingerprint density at radius 3 is 2.90 bits per heavy atom. The Labute approximate surface area is 114 Å². The molecule has 1 aromatic heterocycles. The Morgan fingerprint density at radius 1 is 1.50 bits per heavy atom. The van der Waals surface area contributed by atoms with Gasteiger partial charge in [0, 0.05) is 12.7 Å². The van der Waals surface area contributed by atoms with Gasteiger partial charge in [0.05, 0.1) is 18.9 Å². The predicted molar refractivity (Wildman–Crippen MR) is 65.9 cm³/mol. The molecule has 0 radical (unpaired) electrons. The zero-order valence-corrected chi connectivity index (χ0v) is 11.0. The molecule has 1 unspecified atom stereocenters. The van der Waals surface area contributed by atoms with E-state index in [1.807, 2.05) is 0 Å². The largest absolute Gasteiger partial charge is 0.480 e. The van der Waals surface area contributed by atoms with Crippen LogP contribution in [0.3, 0.4) is 0 Å². The standard InChI is InChI=1S/C12H15N3O5/c1-20-12(19)9-3-2-4-15(9)11(18)8-5-13-14(6-8)7-10(16)17/h5-6,9H,2-4,7H2,1H3,(H,16,17). The smallest absolute Gasteiger partial charge is 0.328 e. The van der Waals surface area contributed by atoms with Crippen molar-refractivity contribution in [3.63, 3.8) is 0 Å². The van der Waals surface area contributed by atoms with Gasteiger partial charge in [0.25, 0.3) is 5.91 Å². The molecule has 1 aliphatic rings. The van der Waals surface area contributed by atoms with E-state index in [4.69, 9.17) is 5.11 Å². The molecule has 0 bridgehead atoms. The highest BCUT2D eigenvalue weighted by Gasteiger charge is 2.35. The van der Waals surface area contributed by atoms with Crippen molar-refractivity contribution in [1.82, 2.24) is 14.7 Å². The number of carboxylic acid groups (broad SMARTS) is 1. The van der Waals surface area contributed by atoms with Gasteiger partial charge in [0.15, 0.2) is 0 Å². The third-order valence-corrected chi connectivity index (χ3v) is 3.16. The van der Waals surface area contributed by atoms with Crippen LogP contribution in [0.25, 0.3) is 0 Å². The molecule has 1 aromatic rings. The molecule has 1 N–H and O–H groups in total. The summed E-state index contributed by atoms with van der Waals surface area (Å²) in [4.78, 5) is 35.9. The van der Waals surface area contributed by atoms with Crippen LogP contribution in [0.5, 0.6) is 0 Å². The molecule has 0 aromatic carbocycles. The van der Waals surface area contributed by atoms with Crippen LogP contribution in [0, 0.1) is 0 Å². The Bertz CT molecular complexity index is 539. The van der Waals surface area contributed by atoms with Gasteiger partial charge < -0.3 is 14.7 Å². The van der Waals surface area contributed by atoms with E-state index in [0.717, 1.165) is 6.42 Å². The minimum absolute atomic E-state index is 0.266. The number of nitrogens with zero attached hydrogens (tertiary/aromatic N) is 3. The summed E-state index contributed by atoms with van der Waals surface area (Å²) in [7, 11) is 1.29. The Kier molecular flexibility index (Phi) is 4.02. The van der Waals surface area contributed by atoms with Crippen molar-refractivity contribution < 1.29 is 24.2 Å². The molecule has 1 saturated heterocycles. The molecule has 20 heavy (non-hydrogen) atoms. The number of rotatable bonds is 4. The first-order chi connectivity index (χ1) is 9.52. The van der Waals surface area contributed by atoms with Crippen LogP contribution in [-0.4, -0.2) is 57.3 Å². The van der Waals surface area contributed by atoms with Gasteiger partial charge in [-0.2, -0.15) is 5.10 Å². The third kappa shape index (κ3) is 2.79. The van der Waals surface area contributed by atoms with Crippen molar-refractivity contribution in [2.45, 2.75) is 25.4 Å². The summed E-state index contributed by atoms with van der Waals surface area (Å²) in [6.45, 7) is 0.163. The van der Waals surface area contributed by atoms with Gasteiger partial charge in [-0.15, -0.1) is 0 Å². The maximum Gasteiger partial charge on any atom is 0.328 e. The fraction of sp³-hybridized carbons (Fsp3) is 0.500. The Hall–Kier alpha value is -2.38. The fourth-order valence-corrected chi connectivity index (χ4v) is 2.26. The van der Waals surface area contributed by atoms with Gasteiger partial charge in [-0.3, -0.25) is 14.3 Å². The van der Waals surface area contributed by atoms with E-state index < -0.39 is 18.0 Å². The van der Waals surface area contributed by atoms with Crippen LogP contribution in [0.15, 0.2) is 12.4 Å². The van der Waals surface area contributed by atoms with E-state index in [1.165, 1.54) is 29.1 Å². The number of carboxylic acids is 1. The van der Waals surface area contributed by atoms with Crippen LogP contribution in [0.2, 0.25) is 0 Å². The number of aliphatic carboxylic acids is 1. The number of likely N-dealkylation sites (tertiary alicyclic amines) is 1. The molecule has 1 fully saturated rings. The van der Waals surface area contributed by atoms with Gasteiger partial charge in [-0.25, -0.2) is 4.79 Å². The maximum atomic E-state index is 12.3. The van der Waals surface area contributed by atoms with Gasteiger partial charge in [-0.05, 0) is 12.8 Å². The minimum atomic E-state index is -1.04. The number of aromatic nitrogens is 2. The van der Waals surface area contributed by atoms with Crippen molar-refractivity contribution in [3.05, 3.63) is 18.0 Å². The maximum absolute atomic E-state index is 12.3. The first kappa shape index (κ1) is 14.0. The topological polar surface area (TPSA) is 102 Å². The average molecular weight is 281 g/mol. The highest BCUT2D eigenvalue weighted by molar-refractivity contribution is 5.96. The van der Waals surface area contributed by atoms with Crippen LogP contribution in [0.1, 0.15) is 23.2 Å². The number of methoxy groups -OCH3 is 1. The molecule has 0 aliphatic carbocycles. The molecule has 108 valence electrons. The number of carbonyl (C=O) groups excluding carboxylic acids is 2. The lowest BCUT2D eigenvalue weighted by molar-refractivity contribution is -0.145. The number of carbonyl (C=O) groups is 3. The second-order valence-corrected chi connectivity index (χ2v) is 4.50. The van der Waals surface area contributed by atoms with Gasteiger partial charge in [0.1, 0.15) is 12.6 Å². The van der Waals surface area contributed by atoms with Gasteiger partial charge in [-0.1, -0.05) is 0 Å². The molecule has 1 aliphatic heterocycles. The fourth-order valence-electron chi connectivity index (χ4n) is 2.26. The number of amides is 1. The first-order valence-corrected chi connectivity index (χ1v) is 6.16. The van der Waals surface area contributed by atoms with Crippen molar-refractivity contribution >= 4 is 17.8 Å². The molecular weight excluding hydrogens is 266 g/mol. The Balaban J connectivity index is 2.12. The van der Waals surface area contributed by atoms with Crippen molar-refractivity contribution in [2.75, 3.05) is 13.7 Å². The molecule has 1 atom stereocenters. The van der Waals surface area contributed by atoms with Crippen LogP contribution in [0.4, 0.5) is 0 Å². The van der Waals surface area contributed by atoms with Crippen LogP contribution >= 0.6 is 0 Å². The summed E-state index contributed by atoms with van der Waals surface area (Å²) < 4.78 is 5.84. The van der Waals surface area contributed by atoms with Gasteiger partial charge in [0.2, 0.25) is 0 Å². The average Bonchev–Trinajstić information content (AvgIpc) is 3.04. The summed E-state index contributed by atoms with van der Waals surface area (Å²) in [6, 6.07) is -0.574. The SMILES string of the molecule is COC(=O)C1CCCN1C(=O)c1cnn(CC(=O)O)c1. The molecule has 2 heterocycles. The monoisotopic (exact) mass is 281 g/mol. The van der Waals surface area contributed by atoms with Crippen molar-refractivity contribution in [3.8, 4) is 0 Å². The van der Waals surface area contributed by atoms with Gasteiger partial charge >= 0.3 is 11.9 Å². The molecule has 8 nitrogen and oxygen atoms in total. The summed E-state index contributed by atoms with van der Waals surface area (Å²) in [5.74, 6) is -1.82. The molecule has 0 spiro atoms. The van der Waals surface area contributed by atoms with Crippen molar-refractivity contribution in [1.29, 1.82) is 0 Å². The molecule has 2 rings (SSSR count). The summed E-state index contributed by atoms with van der Waals surface area (Å²) in [5.41, 5.74) is 0.266. The molecule has 1 amide bonds. The second kappa shape index (κ2) is 5.72. The van der Waals surface area contributed by atoms with E-state index in [2.05, 4.69) is 9.84 Å². The quantitative estimate of drug-likeness (QED) is 0.763. The van der Waals surface area contributed by atoms with Crippen LogP contribution in [-0.2, 0) is 20.9 Å². The summed E-state index contributed by atoms with van der Waals surface area (Å²) in [5, 5.41) is 12.5. The summed E-state index contributed by atoms with van der Waals surface area (Å²) >= 11 is 0. The van der Waals surface area contributed by atoms with Crippen molar-refractivity contribution in [2.24, 2.45) is 0 Å². The number of esters is 1. The number of ether oxygens (including phenoxy) is 1. The zero-order chi connectivity index (χ0) is 14.7. The number of hydrogen-bond donors (Lipinski definition) is 1. The highest BCUT2D eigenvalue weighted by Crippen LogP contribution is 2.20. The van der Waals surface area contributed by atoms with E-state index >= 15 is 0 Å². The second-order valence-electron chi connectivity index (χ2n) is 4.50. The zero-order valence-electron chi connectivity index (χ0n) is 11.0. The molecule has 8 heteroatoms. The molecule has 0 saturated carbocycles. The van der Waals surface area contributed by atoms with E-state index in [-0.39, 0.29) is 18.0 Å². The van der Waals surface area contributed by atoms with Crippen LogP contribution < -0.4 is 0 Å². The predicted octanol–water partition coefficient (Wildman–Crippen LogP) is -0.255. The van der Waals surface area contributed by atoms with E-state index in [1.54, 1.807) is 0 Å². The Morgan fingerprint density at radius 2 is 2.25 bits per heavy atom. The third-order valence-electron chi connectivity index (χ3n) is 3.16.